The molecule has 2 aromatic heterocycles. The van der Waals surface area contributed by atoms with Crippen molar-refractivity contribution < 1.29 is 4.79 Å². The minimum atomic E-state index is -0.141. The van der Waals surface area contributed by atoms with E-state index in [1.54, 1.807) is 11.8 Å². The molecule has 0 spiro atoms. The summed E-state index contributed by atoms with van der Waals surface area (Å²) in [6, 6.07) is 0. The summed E-state index contributed by atoms with van der Waals surface area (Å²) in [6.07, 6.45) is 5.74. The molecule has 2 aromatic rings. The van der Waals surface area contributed by atoms with E-state index in [1.165, 1.54) is 28.7 Å². The van der Waals surface area contributed by atoms with Gasteiger partial charge in [-0.3, -0.25) is 4.79 Å². The van der Waals surface area contributed by atoms with Gasteiger partial charge in [-0.05, 0) is 51.5 Å². The minimum Gasteiger partial charge on any atom is -0.355 e. The van der Waals surface area contributed by atoms with E-state index in [0.717, 1.165) is 41.5 Å². The molecule has 0 saturated heterocycles. The van der Waals surface area contributed by atoms with Gasteiger partial charge in [0.25, 0.3) is 0 Å². The number of hydrogen-bond donors (Lipinski definition) is 1. The molecule has 0 bridgehead atoms. The Bertz CT molecular complexity index is 726. The van der Waals surface area contributed by atoms with Crippen LogP contribution in [-0.2, 0) is 17.6 Å². The van der Waals surface area contributed by atoms with E-state index < -0.39 is 0 Å². The second-order valence-electron chi connectivity index (χ2n) is 6.02. The Morgan fingerprint density at radius 3 is 2.91 bits per heavy atom. The third-order valence-corrected chi connectivity index (χ3v) is 6.37. The fraction of sp³-hybridized carbons (Fsp3) is 0.588. The number of thiophene rings is 1. The molecule has 0 radical (unpaired) electrons. The number of nitrogens with zero attached hydrogens (tertiary/aromatic N) is 2. The third-order valence-electron chi connectivity index (χ3n) is 4.10. The Morgan fingerprint density at radius 1 is 1.35 bits per heavy atom. The largest absolute Gasteiger partial charge is 0.355 e. The van der Waals surface area contributed by atoms with Gasteiger partial charge < -0.3 is 5.32 Å². The van der Waals surface area contributed by atoms with Gasteiger partial charge in [-0.15, -0.1) is 11.3 Å². The van der Waals surface area contributed by atoms with Crippen molar-refractivity contribution >= 4 is 39.2 Å². The first-order valence-electron chi connectivity index (χ1n) is 8.33. The number of thioether (sulfide) groups is 1. The summed E-state index contributed by atoms with van der Waals surface area (Å²) in [5.74, 6) is 0.880. The van der Waals surface area contributed by atoms with E-state index in [0.29, 0.717) is 0 Å². The van der Waals surface area contributed by atoms with Crippen LogP contribution in [0.2, 0.25) is 0 Å². The predicted octanol–water partition coefficient (Wildman–Crippen LogP) is 3.89. The SMILES string of the molecule is CCCNC(=O)[C@H](C)Sc1nc(C)nc2sc3c(c12)CCCC3. The first-order valence-corrected chi connectivity index (χ1v) is 10.0. The van der Waals surface area contributed by atoms with Crippen LogP contribution in [0, 0.1) is 6.92 Å². The van der Waals surface area contributed by atoms with Gasteiger partial charge >= 0.3 is 0 Å². The number of aryl methyl sites for hydroxylation is 3. The van der Waals surface area contributed by atoms with Crippen molar-refractivity contribution in [2.75, 3.05) is 6.54 Å². The van der Waals surface area contributed by atoms with E-state index in [2.05, 4.69) is 22.2 Å². The first kappa shape index (κ1) is 16.7. The second-order valence-corrected chi connectivity index (χ2v) is 8.43. The highest BCUT2D eigenvalue weighted by molar-refractivity contribution is 8.00. The maximum atomic E-state index is 12.2. The zero-order chi connectivity index (χ0) is 16.4. The molecular formula is C17H23N3OS2. The molecular weight excluding hydrogens is 326 g/mol. The van der Waals surface area contributed by atoms with Crippen LogP contribution in [0.15, 0.2) is 5.03 Å². The van der Waals surface area contributed by atoms with Gasteiger partial charge in [0, 0.05) is 16.8 Å². The molecule has 1 aliphatic carbocycles. The number of nitrogens with one attached hydrogen (secondary N) is 1. The lowest BCUT2D eigenvalue weighted by atomic mass is 9.97. The average Bonchev–Trinajstić information content (AvgIpc) is 2.90. The van der Waals surface area contributed by atoms with Crippen LogP contribution in [0.4, 0.5) is 0 Å². The minimum absolute atomic E-state index is 0.0883. The maximum absolute atomic E-state index is 12.2. The monoisotopic (exact) mass is 349 g/mol. The van der Waals surface area contributed by atoms with Gasteiger partial charge in [0.2, 0.25) is 5.91 Å². The normalized spacial score (nSPS) is 15.4. The summed E-state index contributed by atoms with van der Waals surface area (Å²) in [4.78, 5) is 24.0. The van der Waals surface area contributed by atoms with Crippen LogP contribution < -0.4 is 5.32 Å². The zero-order valence-electron chi connectivity index (χ0n) is 13.9. The molecule has 1 aliphatic rings. The number of fused-ring (bicyclic) bond motifs is 3. The number of amides is 1. The van der Waals surface area contributed by atoms with Gasteiger partial charge in [0.15, 0.2) is 0 Å². The van der Waals surface area contributed by atoms with Gasteiger partial charge in [-0.25, -0.2) is 9.97 Å². The Labute approximate surface area is 145 Å². The summed E-state index contributed by atoms with van der Waals surface area (Å²) in [6.45, 7) is 6.69. The smallest absolute Gasteiger partial charge is 0.233 e. The Balaban J connectivity index is 1.93. The molecule has 3 rings (SSSR count). The van der Waals surface area contributed by atoms with Crippen LogP contribution in [0.25, 0.3) is 10.2 Å². The Hall–Kier alpha value is -1.14. The van der Waals surface area contributed by atoms with Crippen LogP contribution in [-0.4, -0.2) is 27.7 Å². The fourth-order valence-corrected chi connectivity index (χ4v) is 5.34. The first-order chi connectivity index (χ1) is 11.1. The molecule has 2 heterocycles. The number of carbonyl (C=O) groups is 1. The van der Waals surface area contributed by atoms with Crippen LogP contribution in [0.5, 0.6) is 0 Å². The molecule has 124 valence electrons. The van der Waals surface area contributed by atoms with Crippen molar-refractivity contribution in [3.63, 3.8) is 0 Å². The van der Waals surface area contributed by atoms with Gasteiger partial charge in [-0.1, -0.05) is 18.7 Å². The van der Waals surface area contributed by atoms with Crippen molar-refractivity contribution in [3.05, 3.63) is 16.3 Å². The lowest BCUT2D eigenvalue weighted by Gasteiger charge is -2.14. The van der Waals surface area contributed by atoms with Crippen molar-refractivity contribution in [3.8, 4) is 0 Å². The highest BCUT2D eigenvalue weighted by Gasteiger charge is 2.23. The molecule has 23 heavy (non-hydrogen) atoms. The van der Waals surface area contributed by atoms with Crippen LogP contribution in [0.3, 0.4) is 0 Å². The molecule has 1 N–H and O–H groups in total. The summed E-state index contributed by atoms with van der Waals surface area (Å²) < 4.78 is 0. The molecule has 6 heteroatoms. The van der Waals surface area contributed by atoms with Crippen LogP contribution in [0.1, 0.15) is 49.4 Å². The molecule has 0 aromatic carbocycles. The van der Waals surface area contributed by atoms with E-state index in [9.17, 15) is 4.79 Å². The fourth-order valence-electron chi connectivity index (χ4n) is 2.92. The van der Waals surface area contributed by atoms with Crippen molar-refractivity contribution in [1.82, 2.24) is 15.3 Å². The van der Waals surface area contributed by atoms with E-state index >= 15 is 0 Å². The topological polar surface area (TPSA) is 54.9 Å². The maximum Gasteiger partial charge on any atom is 0.233 e. The molecule has 1 atom stereocenters. The second kappa shape index (κ2) is 7.18. The summed E-state index contributed by atoms with van der Waals surface area (Å²) >= 11 is 3.38. The predicted molar refractivity (Wildman–Crippen MR) is 97.4 cm³/mol. The highest BCUT2D eigenvalue weighted by atomic mass is 32.2. The van der Waals surface area contributed by atoms with Crippen molar-refractivity contribution in [2.45, 2.75) is 63.2 Å². The van der Waals surface area contributed by atoms with Gasteiger partial charge in [0.1, 0.15) is 15.7 Å². The molecule has 0 aliphatic heterocycles. The summed E-state index contributed by atoms with van der Waals surface area (Å²) in [5, 5.41) is 5.01. The lowest BCUT2D eigenvalue weighted by molar-refractivity contribution is -0.120. The summed E-state index contributed by atoms with van der Waals surface area (Å²) in [5.41, 5.74) is 1.43. The van der Waals surface area contributed by atoms with Crippen molar-refractivity contribution in [2.24, 2.45) is 0 Å². The summed E-state index contributed by atoms with van der Waals surface area (Å²) in [7, 11) is 0. The van der Waals surface area contributed by atoms with Crippen LogP contribution >= 0.6 is 23.1 Å². The zero-order valence-corrected chi connectivity index (χ0v) is 15.6. The molecule has 0 unspecified atom stereocenters. The van der Waals surface area contributed by atoms with E-state index in [-0.39, 0.29) is 11.2 Å². The number of aromatic nitrogens is 2. The third kappa shape index (κ3) is 3.53. The quantitative estimate of drug-likeness (QED) is 0.657. The number of rotatable bonds is 5. The van der Waals surface area contributed by atoms with E-state index in [4.69, 9.17) is 0 Å². The molecule has 4 nitrogen and oxygen atoms in total. The standard InChI is InChI=1S/C17H23N3OS2/c1-4-9-18-15(21)10(2)22-16-14-12-7-5-6-8-13(12)23-17(14)20-11(3)19-16/h10H,4-9H2,1-3H3,(H,18,21)/t10-/m0/s1. The average molecular weight is 350 g/mol. The van der Waals surface area contributed by atoms with Gasteiger partial charge in [0.05, 0.1) is 5.25 Å². The lowest BCUT2D eigenvalue weighted by Crippen LogP contribution is -2.31. The molecule has 0 fully saturated rings. The molecule has 1 amide bonds. The number of carbonyl (C=O) groups excluding carboxylic acids is 1. The number of hydrogen-bond acceptors (Lipinski definition) is 5. The Kier molecular flexibility index (Phi) is 5.21. The van der Waals surface area contributed by atoms with Gasteiger partial charge in [-0.2, -0.15) is 0 Å². The van der Waals surface area contributed by atoms with E-state index in [1.807, 2.05) is 25.2 Å². The highest BCUT2D eigenvalue weighted by Crippen LogP contribution is 2.40. The molecule has 0 saturated carbocycles. The Morgan fingerprint density at radius 2 is 2.13 bits per heavy atom. The van der Waals surface area contributed by atoms with Crippen molar-refractivity contribution in [1.29, 1.82) is 0 Å².